The average Bonchev–Trinajstić information content (AvgIpc) is 2.13. The molecule has 2 atom stereocenters. The number of hydrogen-bond donors (Lipinski definition) is 1. The van der Waals surface area contributed by atoms with Crippen LogP contribution in [0.1, 0.15) is 27.2 Å². The van der Waals surface area contributed by atoms with E-state index in [1.165, 1.54) is 0 Å². The average molecular weight is 266 g/mol. The maximum atomic E-state index is 11.6. The van der Waals surface area contributed by atoms with Crippen LogP contribution < -0.4 is 5.32 Å². The maximum absolute atomic E-state index is 11.6. The van der Waals surface area contributed by atoms with Crippen LogP contribution in [-0.2, 0) is 9.53 Å². The largest absolute Gasteiger partial charge is 0.385 e. The van der Waals surface area contributed by atoms with E-state index < -0.39 is 0 Å². The molecule has 0 saturated heterocycles. The normalized spacial score (nSPS) is 15.3. The fourth-order valence-corrected chi connectivity index (χ4v) is 1.12. The molecule has 0 bridgehead atoms. The van der Waals surface area contributed by atoms with Crippen LogP contribution in [0.2, 0.25) is 0 Å². The van der Waals surface area contributed by atoms with Gasteiger partial charge >= 0.3 is 0 Å². The van der Waals surface area contributed by atoms with Gasteiger partial charge in [-0.05, 0) is 19.3 Å². The van der Waals surface area contributed by atoms with Crippen LogP contribution in [0.25, 0.3) is 0 Å². The fourth-order valence-electron chi connectivity index (χ4n) is 0.992. The van der Waals surface area contributed by atoms with Crippen LogP contribution in [-0.4, -0.2) is 30.5 Å². The number of ether oxygens (including phenoxy) is 1. The summed E-state index contributed by atoms with van der Waals surface area (Å²) in [5, 5.41) is 2.93. The van der Waals surface area contributed by atoms with Crippen LogP contribution >= 0.6 is 15.9 Å². The molecule has 2 unspecified atom stereocenters. The number of carbonyl (C=O) groups excluding carboxylic acids is 1. The van der Waals surface area contributed by atoms with Crippen molar-refractivity contribution in [3.63, 3.8) is 0 Å². The molecule has 0 radical (unpaired) electrons. The lowest BCUT2D eigenvalue weighted by atomic mass is 10.1. The van der Waals surface area contributed by atoms with Gasteiger partial charge < -0.3 is 10.1 Å². The number of methoxy groups -OCH3 is 1. The smallest absolute Gasteiger partial charge is 0.234 e. The number of halogens is 1. The minimum absolute atomic E-state index is 0.0589. The Morgan fingerprint density at radius 2 is 2.00 bits per heavy atom. The van der Waals surface area contributed by atoms with Gasteiger partial charge in [0, 0.05) is 19.8 Å². The van der Waals surface area contributed by atoms with Crippen molar-refractivity contribution in [2.75, 3.05) is 13.7 Å². The van der Waals surface area contributed by atoms with E-state index in [0.29, 0.717) is 12.5 Å². The summed E-state index contributed by atoms with van der Waals surface area (Å²) in [6.07, 6.45) is 0.847. The summed E-state index contributed by atoms with van der Waals surface area (Å²) in [5.74, 6) is 0.369. The fraction of sp³-hybridized carbons (Fsp3) is 0.900. The third-order valence-corrected chi connectivity index (χ3v) is 3.45. The number of carbonyl (C=O) groups is 1. The van der Waals surface area contributed by atoms with Crippen molar-refractivity contribution in [2.24, 2.45) is 5.92 Å². The molecule has 84 valence electrons. The van der Waals surface area contributed by atoms with E-state index in [-0.39, 0.29) is 16.8 Å². The summed E-state index contributed by atoms with van der Waals surface area (Å²) >= 11 is 3.36. The predicted molar refractivity (Wildman–Crippen MR) is 61.7 cm³/mol. The van der Waals surface area contributed by atoms with Gasteiger partial charge in [-0.15, -0.1) is 0 Å². The number of hydrogen-bond acceptors (Lipinski definition) is 2. The minimum atomic E-state index is -0.104. The van der Waals surface area contributed by atoms with Crippen molar-refractivity contribution in [3.8, 4) is 0 Å². The molecule has 0 aromatic carbocycles. The maximum Gasteiger partial charge on any atom is 0.234 e. The molecule has 0 saturated carbocycles. The van der Waals surface area contributed by atoms with Gasteiger partial charge in [-0.1, -0.05) is 29.8 Å². The lowest BCUT2D eigenvalue weighted by Crippen LogP contribution is -2.40. The monoisotopic (exact) mass is 265 g/mol. The zero-order valence-corrected chi connectivity index (χ0v) is 10.9. The van der Waals surface area contributed by atoms with Crippen molar-refractivity contribution in [3.05, 3.63) is 0 Å². The Balaban J connectivity index is 3.81. The van der Waals surface area contributed by atoms with Gasteiger partial charge in [0.15, 0.2) is 0 Å². The Hall–Kier alpha value is -0.0900. The molecule has 4 heteroatoms. The second kappa shape index (κ2) is 7.23. The van der Waals surface area contributed by atoms with Crippen LogP contribution in [0.3, 0.4) is 0 Å². The van der Waals surface area contributed by atoms with Crippen LogP contribution in [0.15, 0.2) is 0 Å². The molecule has 0 aliphatic heterocycles. The zero-order valence-electron chi connectivity index (χ0n) is 9.34. The van der Waals surface area contributed by atoms with Crippen LogP contribution in [0.5, 0.6) is 0 Å². The summed E-state index contributed by atoms with van der Waals surface area (Å²) in [4.78, 5) is 11.5. The highest BCUT2D eigenvalue weighted by molar-refractivity contribution is 9.10. The molecule has 14 heavy (non-hydrogen) atoms. The topological polar surface area (TPSA) is 38.3 Å². The third-order valence-electron chi connectivity index (χ3n) is 1.98. The molecular formula is C10H20BrNO2. The van der Waals surface area contributed by atoms with Gasteiger partial charge in [0.25, 0.3) is 0 Å². The Bertz CT molecular complexity index is 174. The van der Waals surface area contributed by atoms with Crippen molar-refractivity contribution in [1.82, 2.24) is 5.32 Å². The van der Waals surface area contributed by atoms with Crippen molar-refractivity contribution in [2.45, 2.75) is 38.1 Å². The van der Waals surface area contributed by atoms with Crippen molar-refractivity contribution >= 4 is 21.8 Å². The highest BCUT2D eigenvalue weighted by Gasteiger charge is 2.19. The summed E-state index contributed by atoms with van der Waals surface area (Å²) in [6, 6.07) is 0.168. The number of alkyl halides is 1. The van der Waals surface area contributed by atoms with Gasteiger partial charge in [-0.25, -0.2) is 0 Å². The SMILES string of the molecule is COCCC(C)NC(=O)C(Br)C(C)C. The Labute approximate surface area is 94.7 Å². The van der Waals surface area contributed by atoms with Crippen molar-refractivity contribution < 1.29 is 9.53 Å². The van der Waals surface area contributed by atoms with E-state index >= 15 is 0 Å². The summed E-state index contributed by atoms with van der Waals surface area (Å²) < 4.78 is 4.94. The number of amides is 1. The Morgan fingerprint density at radius 3 is 2.43 bits per heavy atom. The quantitative estimate of drug-likeness (QED) is 0.746. The molecule has 0 spiro atoms. The lowest BCUT2D eigenvalue weighted by Gasteiger charge is -2.18. The van der Waals surface area contributed by atoms with E-state index in [1.807, 2.05) is 20.8 Å². The molecule has 0 aromatic rings. The summed E-state index contributed by atoms with van der Waals surface area (Å²) in [5.41, 5.74) is 0. The second-order valence-corrected chi connectivity index (χ2v) is 4.82. The Kier molecular flexibility index (Phi) is 7.19. The molecule has 0 fully saturated rings. The van der Waals surface area contributed by atoms with Gasteiger partial charge in [0.05, 0.1) is 4.83 Å². The first-order valence-electron chi connectivity index (χ1n) is 4.92. The summed E-state index contributed by atoms with van der Waals surface area (Å²) in [7, 11) is 1.66. The first-order chi connectivity index (χ1) is 6.49. The molecule has 1 N–H and O–H groups in total. The van der Waals surface area contributed by atoms with E-state index in [1.54, 1.807) is 7.11 Å². The highest BCUT2D eigenvalue weighted by atomic mass is 79.9. The first-order valence-corrected chi connectivity index (χ1v) is 5.84. The molecule has 1 amide bonds. The Morgan fingerprint density at radius 1 is 1.43 bits per heavy atom. The van der Waals surface area contributed by atoms with Gasteiger partial charge in [0.2, 0.25) is 5.91 Å². The number of nitrogens with one attached hydrogen (secondary N) is 1. The molecule has 0 aromatic heterocycles. The molecule has 0 aliphatic carbocycles. The predicted octanol–water partition coefficient (Wildman–Crippen LogP) is 1.95. The third kappa shape index (κ3) is 5.60. The van der Waals surface area contributed by atoms with Crippen molar-refractivity contribution in [1.29, 1.82) is 0 Å². The molecule has 0 aliphatic rings. The highest BCUT2D eigenvalue weighted by Crippen LogP contribution is 2.12. The first kappa shape index (κ1) is 13.9. The number of rotatable bonds is 6. The summed E-state index contributed by atoms with van der Waals surface area (Å²) in [6.45, 7) is 6.69. The van der Waals surface area contributed by atoms with Crippen LogP contribution in [0.4, 0.5) is 0 Å². The van der Waals surface area contributed by atoms with E-state index in [4.69, 9.17) is 4.74 Å². The second-order valence-electron chi connectivity index (χ2n) is 3.84. The van der Waals surface area contributed by atoms with E-state index in [0.717, 1.165) is 6.42 Å². The van der Waals surface area contributed by atoms with E-state index in [2.05, 4.69) is 21.2 Å². The van der Waals surface area contributed by atoms with E-state index in [9.17, 15) is 4.79 Å². The van der Waals surface area contributed by atoms with Gasteiger partial charge in [0.1, 0.15) is 0 Å². The minimum Gasteiger partial charge on any atom is -0.385 e. The molecule has 0 rings (SSSR count). The standard InChI is InChI=1S/C10H20BrNO2/c1-7(2)9(11)10(13)12-8(3)5-6-14-4/h7-9H,5-6H2,1-4H3,(H,12,13). The van der Waals surface area contributed by atoms with Crippen LogP contribution in [0, 0.1) is 5.92 Å². The molecular weight excluding hydrogens is 246 g/mol. The van der Waals surface area contributed by atoms with Gasteiger partial charge in [-0.2, -0.15) is 0 Å². The molecule has 0 heterocycles. The lowest BCUT2D eigenvalue weighted by molar-refractivity contribution is -0.121. The van der Waals surface area contributed by atoms with Gasteiger partial charge in [-0.3, -0.25) is 4.79 Å². The zero-order chi connectivity index (χ0) is 11.1. The molecule has 3 nitrogen and oxygen atoms in total.